The molecule has 0 spiro atoms. The zero-order valence-corrected chi connectivity index (χ0v) is 14.0. The van der Waals surface area contributed by atoms with Gasteiger partial charge >= 0.3 is 0 Å². The SMILES string of the molecule is Nn1c(SCC(=O)Nc2ccc(Cl)cc2)nnc1-c1ccccn1. The van der Waals surface area contributed by atoms with E-state index < -0.39 is 0 Å². The summed E-state index contributed by atoms with van der Waals surface area (Å²) in [5.41, 5.74) is 1.29. The molecule has 0 unspecified atom stereocenters. The van der Waals surface area contributed by atoms with Gasteiger partial charge in [0.25, 0.3) is 0 Å². The van der Waals surface area contributed by atoms with Gasteiger partial charge in [-0.3, -0.25) is 9.78 Å². The van der Waals surface area contributed by atoms with Crippen LogP contribution in [0.4, 0.5) is 5.69 Å². The maximum atomic E-state index is 12.0. The van der Waals surface area contributed by atoms with E-state index in [0.717, 1.165) is 0 Å². The zero-order chi connectivity index (χ0) is 16.9. The average molecular weight is 361 g/mol. The van der Waals surface area contributed by atoms with E-state index in [-0.39, 0.29) is 11.7 Å². The van der Waals surface area contributed by atoms with Gasteiger partial charge in [0, 0.05) is 16.9 Å². The molecule has 0 aliphatic rings. The van der Waals surface area contributed by atoms with Crippen LogP contribution in [0.1, 0.15) is 0 Å². The van der Waals surface area contributed by atoms with Crippen LogP contribution in [0, 0.1) is 0 Å². The molecule has 0 aliphatic carbocycles. The van der Waals surface area contributed by atoms with Gasteiger partial charge in [0.05, 0.1) is 5.75 Å². The predicted molar refractivity (Wildman–Crippen MR) is 94.2 cm³/mol. The maximum Gasteiger partial charge on any atom is 0.234 e. The molecular weight excluding hydrogens is 348 g/mol. The first kappa shape index (κ1) is 16.3. The summed E-state index contributed by atoms with van der Waals surface area (Å²) < 4.78 is 1.32. The Morgan fingerprint density at radius 3 is 2.71 bits per heavy atom. The van der Waals surface area contributed by atoms with Crippen molar-refractivity contribution < 1.29 is 4.79 Å². The van der Waals surface area contributed by atoms with Gasteiger partial charge in [-0.2, -0.15) is 0 Å². The molecule has 0 aliphatic heterocycles. The van der Waals surface area contributed by atoms with E-state index in [1.165, 1.54) is 16.4 Å². The minimum Gasteiger partial charge on any atom is -0.335 e. The lowest BCUT2D eigenvalue weighted by Crippen LogP contribution is -2.16. The Bertz CT molecular complexity index is 837. The molecule has 0 bridgehead atoms. The number of carbonyl (C=O) groups is 1. The Balaban J connectivity index is 1.62. The van der Waals surface area contributed by atoms with Gasteiger partial charge in [0.2, 0.25) is 16.9 Å². The number of nitrogens with zero attached hydrogens (tertiary/aromatic N) is 4. The topological polar surface area (TPSA) is 98.7 Å². The second kappa shape index (κ2) is 7.33. The third-order valence-corrected chi connectivity index (χ3v) is 4.21. The van der Waals surface area contributed by atoms with Gasteiger partial charge in [-0.15, -0.1) is 10.2 Å². The van der Waals surface area contributed by atoms with Gasteiger partial charge in [-0.1, -0.05) is 29.4 Å². The largest absolute Gasteiger partial charge is 0.335 e. The van der Waals surface area contributed by atoms with Crippen LogP contribution >= 0.6 is 23.4 Å². The number of nitrogens with one attached hydrogen (secondary N) is 1. The fourth-order valence-electron chi connectivity index (χ4n) is 1.91. The third kappa shape index (κ3) is 3.84. The zero-order valence-electron chi connectivity index (χ0n) is 12.4. The number of hydrogen-bond acceptors (Lipinski definition) is 6. The molecule has 3 aromatic rings. The molecule has 122 valence electrons. The molecule has 0 saturated heterocycles. The Kier molecular flexibility index (Phi) is 4.97. The van der Waals surface area contributed by atoms with Crippen LogP contribution in [-0.2, 0) is 4.79 Å². The molecule has 3 N–H and O–H groups in total. The maximum absolute atomic E-state index is 12.0. The Hall–Kier alpha value is -2.58. The number of pyridine rings is 1. The van der Waals surface area contributed by atoms with Crippen molar-refractivity contribution in [3.8, 4) is 11.5 Å². The van der Waals surface area contributed by atoms with Gasteiger partial charge in [0.1, 0.15) is 5.69 Å². The molecule has 24 heavy (non-hydrogen) atoms. The van der Waals surface area contributed by atoms with Gasteiger partial charge in [0.15, 0.2) is 0 Å². The summed E-state index contributed by atoms with van der Waals surface area (Å²) in [5, 5.41) is 11.8. The second-order valence-corrected chi connectivity index (χ2v) is 6.11. The molecule has 9 heteroatoms. The minimum absolute atomic E-state index is 0.153. The number of anilines is 1. The third-order valence-electron chi connectivity index (χ3n) is 3.02. The first-order valence-corrected chi connectivity index (χ1v) is 8.30. The summed E-state index contributed by atoms with van der Waals surface area (Å²) in [7, 11) is 0. The molecule has 0 radical (unpaired) electrons. The van der Waals surface area contributed by atoms with Crippen LogP contribution in [0.2, 0.25) is 5.02 Å². The minimum atomic E-state index is -0.176. The molecule has 2 aromatic heterocycles. The van der Waals surface area contributed by atoms with Crippen LogP contribution in [0.5, 0.6) is 0 Å². The molecule has 2 heterocycles. The van der Waals surface area contributed by atoms with Crippen LogP contribution in [0.3, 0.4) is 0 Å². The van der Waals surface area contributed by atoms with Gasteiger partial charge in [-0.05, 0) is 36.4 Å². The van der Waals surface area contributed by atoms with Crippen molar-refractivity contribution >= 4 is 35.0 Å². The first-order chi connectivity index (χ1) is 11.6. The number of amides is 1. The summed E-state index contributed by atoms with van der Waals surface area (Å²) in [6.45, 7) is 0. The van der Waals surface area contributed by atoms with Gasteiger partial charge < -0.3 is 11.2 Å². The summed E-state index contributed by atoms with van der Waals surface area (Å²) >= 11 is 7.00. The number of halogens is 1. The predicted octanol–water partition coefficient (Wildman–Crippen LogP) is 2.44. The molecule has 0 atom stereocenters. The van der Waals surface area contributed by atoms with E-state index in [9.17, 15) is 4.79 Å². The normalized spacial score (nSPS) is 10.5. The smallest absolute Gasteiger partial charge is 0.234 e. The van der Waals surface area contributed by atoms with Crippen molar-refractivity contribution in [2.75, 3.05) is 16.9 Å². The molecule has 3 rings (SSSR count). The lowest BCUT2D eigenvalue weighted by molar-refractivity contribution is -0.113. The lowest BCUT2D eigenvalue weighted by Gasteiger charge is -2.05. The highest BCUT2D eigenvalue weighted by Crippen LogP contribution is 2.20. The Labute approximate surface area is 147 Å². The average Bonchev–Trinajstić information content (AvgIpc) is 2.97. The van der Waals surface area contributed by atoms with E-state index >= 15 is 0 Å². The highest BCUT2D eigenvalue weighted by atomic mass is 35.5. The molecule has 7 nitrogen and oxygen atoms in total. The quantitative estimate of drug-likeness (QED) is 0.535. The van der Waals surface area contributed by atoms with Crippen molar-refractivity contribution in [3.05, 3.63) is 53.7 Å². The molecule has 1 amide bonds. The van der Waals surface area contributed by atoms with E-state index in [4.69, 9.17) is 17.4 Å². The number of aromatic nitrogens is 4. The van der Waals surface area contributed by atoms with Crippen LogP contribution in [-0.4, -0.2) is 31.5 Å². The highest BCUT2D eigenvalue weighted by molar-refractivity contribution is 7.99. The number of nitrogen functional groups attached to an aromatic ring is 1. The standard InChI is InChI=1S/C15H13ClN6OS/c16-10-4-6-11(7-5-10)19-13(23)9-24-15-21-20-14(22(15)17)12-3-1-2-8-18-12/h1-8H,9,17H2,(H,19,23). The van der Waals surface area contributed by atoms with Crippen molar-refractivity contribution in [2.24, 2.45) is 0 Å². The monoisotopic (exact) mass is 360 g/mol. The summed E-state index contributed by atoms with van der Waals surface area (Å²) in [4.78, 5) is 16.2. The summed E-state index contributed by atoms with van der Waals surface area (Å²) in [6, 6.07) is 12.3. The Morgan fingerprint density at radius 1 is 1.21 bits per heavy atom. The molecule has 1 aromatic carbocycles. The van der Waals surface area contributed by atoms with Crippen LogP contribution in [0.15, 0.2) is 53.8 Å². The van der Waals surface area contributed by atoms with E-state index in [2.05, 4.69) is 20.5 Å². The number of thioether (sulfide) groups is 1. The van der Waals surface area contributed by atoms with Crippen molar-refractivity contribution in [3.63, 3.8) is 0 Å². The van der Waals surface area contributed by atoms with Crippen LogP contribution in [0.25, 0.3) is 11.5 Å². The van der Waals surface area contributed by atoms with E-state index in [1.807, 2.05) is 6.07 Å². The number of rotatable bonds is 5. The number of benzene rings is 1. The van der Waals surface area contributed by atoms with E-state index in [1.54, 1.807) is 42.6 Å². The second-order valence-electron chi connectivity index (χ2n) is 4.73. The number of nitrogens with two attached hydrogens (primary N) is 1. The molecule has 0 saturated carbocycles. The highest BCUT2D eigenvalue weighted by Gasteiger charge is 2.14. The fraction of sp³-hybridized carbons (Fsp3) is 0.0667. The first-order valence-electron chi connectivity index (χ1n) is 6.93. The van der Waals surface area contributed by atoms with Gasteiger partial charge in [-0.25, -0.2) is 4.68 Å². The lowest BCUT2D eigenvalue weighted by atomic mass is 10.3. The van der Waals surface area contributed by atoms with Crippen molar-refractivity contribution in [2.45, 2.75) is 5.16 Å². The Morgan fingerprint density at radius 2 is 2.00 bits per heavy atom. The van der Waals surface area contributed by atoms with E-state index in [0.29, 0.717) is 27.4 Å². The van der Waals surface area contributed by atoms with Crippen molar-refractivity contribution in [1.29, 1.82) is 0 Å². The number of carbonyl (C=O) groups excluding carboxylic acids is 1. The van der Waals surface area contributed by atoms with Crippen molar-refractivity contribution in [1.82, 2.24) is 19.9 Å². The molecule has 0 fully saturated rings. The fourth-order valence-corrected chi connectivity index (χ4v) is 2.69. The summed E-state index contributed by atoms with van der Waals surface area (Å²) in [5.74, 6) is 6.39. The van der Waals surface area contributed by atoms with Crippen LogP contribution < -0.4 is 11.2 Å². The number of hydrogen-bond donors (Lipinski definition) is 2. The molecular formula is C15H13ClN6OS. The summed E-state index contributed by atoms with van der Waals surface area (Å²) in [6.07, 6.45) is 1.65.